The lowest BCUT2D eigenvalue weighted by Gasteiger charge is -2.40. The summed E-state index contributed by atoms with van der Waals surface area (Å²) in [5.74, 6) is -0.287. The van der Waals surface area contributed by atoms with E-state index in [0.717, 1.165) is 11.1 Å². The third kappa shape index (κ3) is 5.07. The Labute approximate surface area is 177 Å². The van der Waals surface area contributed by atoms with Crippen molar-refractivity contribution in [2.75, 3.05) is 31.6 Å². The Balaban J connectivity index is 1.64. The van der Waals surface area contributed by atoms with Gasteiger partial charge in [-0.05, 0) is 56.1 Å². The predicted molar refractivity (Wildman–Crippen MR) is 116 cm³/mol. The lowest BCUT2D eigenvalue weighted by Crippen LogP contribution is -2.48. The quantitative estimate of drug-likeness (QED) is 0.685. The van der Waals surface area contributed by atoms with E-state index in [1.54, 1.807) is 12.1 Å². The fourth-order valence-electron chi connectivity index (χ4n) is 4.10. The summed E-state index contributed by atoms with van der Waals surface area (Å²) < 4.78 is 5.43. The molecule has 30 heavy (non-hydrogen) atoms. The maximum absolute atomic E-state index is 12.9. The Bertz CT molecular complexity index is 843. The number of aliphatic hydroxyl groups is 1. The maximum Gasteiger partial charge on any atom is 0.316 e. The molecule has 0 aliphatic carbocycles. The van der Waals surface area contributed by atoms with Gasteiger partial charge in [-0.1, -0.05) is 42.5 Å². The van der Waals surface area contributed by atoms with E-state index in [0.29, 0.717) is 44.8 Å². The van der Waals surface area contributed by atoms with Crippen molar-refractivity contribution >= 4 is 17.6 Å². The highest BCUT2D eigenvalue weighted by Crippen LogP contribution is 2.37. The van der Waals surface area contributed by atoms with Crippen LogP contribution in [0.25, 0.3) is 0 Å². The van der Waals surface area contributed by atoms with E-state index in [1.807, 2.05) is 49.4 Å². The van der Waals surface area contributed by atoms with Crippen molar-refractivity contribution in [3.05, 3.63) is 65.7 Å². The number of esters is 1. The molecule has 3 rings (SSSR count). The average Bonchev–Trinajstić information content (AvgIpc) is 2.75. The molecular formula is C24H30N2O4. The number of likely N-dealkylation sites (tertiary alicyclic amines) is 1. The molecule has 2 aromatic rings. The highest BCUT2D eigenvalue weighted by molar-refractivity contribution is 5.88. The minimum Gasteiger partial charge on any atom is -0.465 e. The third-order valence-electron chi connectivity index (χ3n) is 5.75. The molecule has 0 unspecified atom stereocenters. The second kappa shape index (κ2) is 9.87. The number of hydrogen-bond acceptors (Lipinski definition) is 5. The van der Waals surface area contributed by atoms with E-state index in [4.69, 9.17) is 4.74 Å². The topological polar surface area (TPSA) is 78.9 Å². The van der Waals surface area contributed by atoms with Gasteiger partial charge in [0.2, 0.25) is 5.91 Å². The zero-order valence-electron chi connectivity index (χ0n) is 17.6. The van der Waals surface area contributed by atoms with Gasteiger partial charge in [0.1, 0.15) is 0 Å². The first kappa shape index (κ1) is 22.0. The number of rotatable bonds is 7. The molecule has 1 aliphatic rings. The summed E-state index contributed by atoms with van der Waals surface area (Å²) in [5, 5.41) is 13.4. The number of aliphatic hydroxyl groups excluding tert-OH is 1. The Kier molecular flexibility index (Phi) is 7.24. The molecule has 1 aliphatic heterocycles. The number of amides is 1. The molecule has 1 saturated heterocycles. The van der Waals surface area contributed by atoms with Crippen LogP contribution in [0.3, 0.4) is 0 Å². The first-order chi connectivity index (χ1) is 14.4. The molecule has 1 fully saturated rings. The predicted octanol–water partition coefficient (Wildman–Crippen LogP) is 3.28. The molecule has 0 radical (unpaired) electrons. The Morgan fingerprint density at radius 2 is 1.73 bits per heavy atom. The van der Waals surface area contributed by atoms with Gasteiger partial charge in [0.05, 0.1) is 18.1 Å². The largest absolute Gasteiger partial charge is 0.465 e. The van der Waals surface area contributed by atoms with Crippen LogP contribution in [0.5, 0.6) is 0 Å². The molecule has 1 atom stereocenters. The molecular weight excluding hydrogens is 380 g/mol. The number of benzene rings is 2. The molecule has 6 nitrogen and oxygen atoms in total. The number of β-amino-alcohol motifs (C(OH)–C–C–N with tert-alkyl or cyclic N) is 1. The fourth-order valence-corrected chi connectivity index (χ4v) is 4.10. The van der Waals surface area contributed by atoms with Crippen LogP contribution in [-0.2, 0) is 19.7 Å². The van der Waals surface area contributed by atoms with Crippen molar-refractivity contribution in [1.29, 1.82) is 0 Å². The summed E-state index contributed by atoms with van der Waals surface area (Å²) in [5.41, 5.74) is 1.88. The molecule has 0 aromatic heterocycles. The number of ether oxygens (including phenoxy) is 1. The normalized spacial score (nSPS) is 17.2. The molecule has 1 amide bonds. The van der Waals surface area contributed by atoms with Gasteiger partial charge in [0.25, 0.3) is 0 Å². The smallest absolute Gasteiger partial charge is 0.316 e. The van der Waals surface area contributed by atoms with Crippen molar-refractivity contribution in [3.63, 3.8) is 0 Å². The standard InChI is InChI=1S/C24H30N2O4/c1-3-30-23(29)24(20-7-5-4-6-8-20)13-15-26(16-14-24)17-22(28)19-9-11-21(12-10-19)25-18(2)27/h4-12,22,28H,3,13-17H2,1-2H3,(H,25,27)/t22-/m1/s1. The van der Waals surface area contributed by atoms with E-state index in [-0.39, 0.29) is 11.9 Å². The number of anilines is 1. The number of nitrogens with one attached hydrogen (secondary N) is 1. The van der Waals surface area contributed by atoms with Crippen LogP contribution in [0.4, 0.5) is 5.69 Å². The van der Waals surface area contributed by atoms with Crippen LogP contribution >= 0.6 is 0 Å². The first-order valence-electron chi connectivity index (χ1n) is 10.5. The molecule has 0 bridgehead atoms. The summed E-state index contributed by atoms with van der Waals surface area (Å²) in [6, 6.07) is 17.1. The van der Waals surface area contributed by atoms with Crippen molar-refractivity contribution < 1.29 is 19.4 Å². The highest BCUT2D eigenvalue weighted by Gasteiger charge is 2.44. The van der Waals surface area contributed by atoms with Crippen LogP contribution in [0, 0.1) is 0 Å². The Morgan fingerprint density at radius 1 is 1.10 bits per heavy atom. The van der Waals surface area contributed by atoms with Crippen LogP contribution in [0.1, 0.15) is 43.9 Å². The third-order valence-corrected chi connectivity index (χ3v) is 5.75. The fraction of sp³-hybridized carbons (Fsp3) is 0.417. The summed E-state index contributed by atoms with van der Waals surface area (Å²) in [4.78, 5) is 26.2. The average molecular weight is 411 g/mol. The molecule has 0 spiro atoms. The summed E-state index contributed by atoms with van der Waals surface area (Å²) in [6.45, 7) is 5.56. The Hall–Kier alpha value is -2.70. The molecule has 2 aromatic carbocycles. The van der Waals surface area contributed by atoms with Gasteiger partial charge in [-0.25, -0.2) is 0 Å². The van der Waals surface area contributed by atoms with Crippen molar-refractivity contribution in [1.82, 2.24) is 4.90 Å². The van der Waals surface area contributed by atoms with Gasteiger partial charge < -0.3 is 20.1 Å². The number of piperidine rings is 1. The minimum atomic E-state index is -0.636. The van der Waals surface area contributed by atoms with Gasteiger partial charge in [-0.2, -0.15) is 0 Å². The minimum absolute atomic E-state index is 0.125. The highest BCUT2D eigenvalue weighted by atomic mass is 16.5. The monoisotopic (exact) mass is 410 g/mol. The molecule has 160 valence electrons. The van der Waals surface area contributed by atoms with Crippen LogP contribution in [0.15, 0.2) is 54.6 Å². The second-order valence-corrected chi connectivity index (χ2v) is 7.79. The van der Waals surface area contributed by atoms with Crippen LogP contribution in [-0.4, -0.2) is 48.1 Å². The van der Waals surface area contributed by atoms with E-state index in [9.17, 15) is 14.7 Å². The van der Waals surface area contributed by atoms with Gasteiger partial charge in [-0.15, -0.1) is 0 Å². The van der Waals surface area contributed by atoms with Gasteiger partial charge in [-0.3, -0.25) is 9.59 Å². The number of hydrogen-bond donors (Lipinski definition) is 2. The van der Waals surface area contributed by atoms with Gasteiger partial charge in [0.15, 0.2) is 0 Å². The van der Waals surface area contributed by atoms with Crippen molar-refractivity contribution in [2.24, 2.45) is 0 Å². The Morgan fingerprint density at radius 3 is 2.30 bits per heavy atom. The zero-order valence-corrected chi connectivity index (χ0v) is 17.6. The zero-order chi connectivity index (χ0) is 21.6. The van der Waals surface area contributed by atoms with Gasteiger partial charge in [0, 0.05) is 19.2 Å². The van der Waals surface area contributed by atoms with E-state index >= 15 is 0 Å². The number of carbonyl (C=O) groups is 2. The van der Waals surface area contributed by atoms with E-state index < -0.39 is 11.5 Å². The molecule has 1 heterocycles. The van der Waals surface area contributed by atoms with Crippen LogP contribution < -0.4 is 5.32 Å². The molecule has 0 saturated carbocycles. The lowest BCUT2D eigenvalue weighted by atomic mass is 9.72. The summed E-state index contributed by atoms with van der Waals surface area (Å²) in [7, 11) is 0. The molecule has 6 heteroatoms. The van der Waals surface area contributed by atoms with E-state index in [2.05, 4.69) is 10.2 Å². The summed E-state index contributed by atoms with van der Waals surface area (Å²) in [6.07, 6.45) is 0.678. The first-order valence-corrected chi connectivity index (χ1v) is 10.5. The second-order valence-electron chi connectivity index (χ2n) is 7.79. The van der Waals surface area contributed by atoms with Crippen molar-refractivity contribution in [2.45, 2.75) is 38.2 Å². The van der Waals surface area contributed by atoms with Crippen molar-refractivity contribution in [3.8, 4) is 0 Å². The lowest BCUT2D eigenvalue weighted by molar-refractivity contribution is -0.152. The van der Waals surface area contributed by atoms with Crippen LogP contribution in [0.2, 0.25) is 0 Å². The SMILES string of the molecule is CCOC(=O)C1(c2ccccc2)CCN(C[C@@H](O)c2ccc(NC(C)=O)cc2)CC1. The van der Waals surface area contributed by atoms with E-state index in [1.165, 1.54) is 6.92 Å². The number of nitrogens with zero attached hydrogens (tertiary/aromatic N) is 1. The summed E-state index contributed by atoms with van der Waals surface area (Å²) >= 11 is 0. The maximum atomic E-state index is 12.9. The molecule has 2 N–H and O–H groups in total. The number of carbonyl (C=O) groups excluding carboxylic acids is 2. The van der Waals surface area contributed by atoms with Gasteiger partial charge >= 0.3 is 5.97 Å².